The van der Waals surface area contributed by atoms with Gasteiger partial charge in [-0.05, 0) is 0 Å². The summed E-state index contributed by atoms with van der Waals surface area (Å²) < 4.78 is 2.61. The van der Waals surface area contributed by atoms with Crippen LogP contribution in [0.4, 0.5) is 0 Å². The molecule has 1 heteroatoms. The van der Waals surface area contributed by atoms with Crippen LogP contribution in [0.25, 0.3) is 0 Å². The molecule has 0 nitrogen and oxygen atoms in total. The van der Waals surface area contributed by atoms with Crippen molar-refractivity contribution in [1.29, 1.82) is 0 Å². The van der Waals surface area contributed by atoms with Gasteiger partial charge in [0.15, 0.2) is 0 Å². The maximum absolute atomic E-state index is 2.43. The van der Waals surface area contributed by atoms with Gasteiger partial charge in [0.25, 0.3) is 0 Å². The Hall–Kier alpha value is 0.818. The van der Waals surface area contributed by atoms with E-state index < -0.39 is 20.2 Å². The van der Waals surface area contributed by atoms with E-state index in [2.05, 4.69) is 48.5 Å². The van der Waals surface area contributed by atoms with Crippen LogP contribution < -0.4 is 0 Å². The molecule has 68 valence electrons. The summed E-state index contributed by atoms with van der Waals surface area (Å²) in [5, 5.41) is 0. The fraction of sp³-hybridized carbons (Fsp3) is 1.00. The van der Waals surface area contributed by atoms with Crippen LogP contribution in [0.3, 0.4) is 0 Å². The standard InChI is InChI=1S/C4H9.2C3H7.Sb/c1-4(2)3;2*1-3-2;/h1-3H3;2*3H,1-2H3;. The van der Waals surface area contributed by atoms with Crippen molar-refractivity contribution in [3.8, 4) is 0 Å². The fourth-order valence-corrected chi connectivity index (χ4v) is 14.4. The van der Waals surface area contributed by atoms with Gasteiger partial charge in [0.2, 0.25) is 0 Å². The summed E-state index contributed by atoms with van der Waals surface area (Å²) in [4.78, 5) is 0. The molecule has 0 heterocycles. The van der Waals surface area contributed by atoms with Crippen molar-refractivity contribution >= 4 is 20.2 Å². The molecule has 0 atom stereocenters. The molecule has 0 aliphatic carbocycles. The van der Waals surface area contributed by atoms with Gasteiger partial charge in [0, 0.05) is 0 Å². The van der Waals surface area contributed by atoms with E-state index in [1.54, 1.807) is 0 Å². The SMILES string of the molecule is C[CH](C)[Sb]([CH](C)C)[C](C)(C)C. The van der Waals surface area contributed by atoms with Crippen LogP contribution in [0.2, 0.25) is 11.1 Å². The minimum absolute atomic E-state index is 0.644. The molecule has 0 aromatic rings. The molecule has 11 heavy (non-hydrogen) atoms. The number of hydrogen-bond acceptors (Lipinski definition) is 0. The quantitative estimate of drug-likeness (QED) is 0.659. The normalized spacial score (nSPS) is 13.6. The molecule has 0 aromatic heterocycles. The zero-order chi connectivity index (χ0) is 9.23. The third kappa shape index (κ3) is 3.83. The second kappa shape index (κ2) is 4.17. The Morgan fingerprint density at radius 1 is 0.818 bits per heavy atom. The van der Waals surface area contributed by atoms with Gasteiger partial charge < -0.3 is 0 Å². The maximum atomic E-state index is 2.43. The molecule has 0 amide bonds. The van der Waals surface area contributed by atoms with Crippen LogP contribution in [0.15, 0.2) is 0 Å². The first-order chi connectivity index (χ1) is 4.76. The van der Waals surface area contributed by atoms with Crippen LogP contribution in [-0.4, -0.2) is 20.2 Å². The Morgan fingerprint density at radius 3 is 1.09 bits per heavy atom. The minimum atomic E-state index is -1.02. The molecule has 0 aromatic carbocycles. The Balaban J connectivity index is 4.35. The van der Waals surface area contributed by atoms with Gasteiger partial charge >= 0.3 is 79.8 Å². The third-order valence-electron chi connectivity index (χ3n) is 1.89. The second-order valence-corrected chi connectivity index (χ2v) is 16.8. The topological polar surface area (TPSA) is 0 Å². The average molecular weight is 265 g/mol. The summed E-state index contributed by atoms with van der Waals surface area (Å²) in [6.07, 6.45) is 0. The molecular formula is C10H23Sb. The third-order valence-corrected chi connectivity index (χ3v) is 12.7. The molecule has 0 saturated heterocycles. The summed E-state index contributed by atoms with van der Waals surface area (Å²) >= 11 is -1.02. The Morgan fingerprint density at radius 2 is 1.09 bits per heavy atom. The van der Waals surface area contributed by atoms with E-state index in [0.717, 1.165) is 7.73 Å². The van der Waals surface area contributed by atoms with Crippen molar-refractivity contribution < 1.29 is 0 Å². The van der Waals surface area contributed by atoms with Gasteiger partial charge in [-0.3, -0.25) is 0 Å². The van der Waals surface area contributed by atoms with Crippen molar-refractivity contribution in [2.45, 2.75) is 59.6 Å². The summed E-state index contributed by atoms with van der Waals surface area (Å²) in [5.74, 6) is 0. The Kier molecular flexibility index (Phi) is 4.48. The van der Waals surface area contributed by atoms with Crippen LogP contribution >= 0.6 is 0 Å². The van der Waals surface area contributed by atoms with E-state index in [0.29, 0.717) is 3.36 Å². The van der Waals surface area contributed by atoms with Crippen LogP contribution in [0.5, 0.6) is 0 Å². The molecule has 0 bridgehead atoms. The monoisotopic (exact) mass is 264 g/mol. The molecule has 0 aliphatic heterocycles. The summed E-state index contributed by atoms with van der Waals surface area (Å²) in [6.45, 7) is 16.9. The van der Waals surface area contributed by atoms with Crippen LogP contribution in [-0.2, 0) is 0 Å². The fourth-order valence-electron chi connectivity index (χ4n) is 2.15. The van der Waals surface area contributed by atoms with Gasteiger partial charge in [0.1, 0.15) is 0 Å². The molecule has 0 saturated carbocycles. The van der Waals surface area contributed by atoms with Crippen molar-refractivity contribution in [1.82, 2.24) is 0 Å². The van der Waals surface area contributed by atoms with E-state index in [-0.39, 0.29) is 0 Å². The molecule has 0 rings (SSSR count). The number of hydrogen-bond donors (Lipinski definition) is 0. The van der Waals surface area contributed by atoms with Crippen LogP contribution in [0, 0.1) is 0 Å². The predicted molar refractivity (Wildman–Crippen MR) is 55.7 cm³/mol. The van der Waals surface area contributed by atoms with Gasteiger partial charge in [-0.2, -0.15) is 0 Å². The first-order valence-electron chi connectivity index (χ1n) is 4.55. The summed E-state index contributed by atoms with van der Waals surface area (Å²) in [6, 6.07) is 0. The summed E-state index contributed by atoms with van der Waals surface area (Å²) in [7, 11) is 0. The Bertz CT molecular complexity index is 101. The van der Waals surface area contributed by atoms with Gasteiger partial charge in [-0.15, -0.1) is 0 Å². The molecule has 0 fully saturated rings. The van der Waals surface area contributed by atoms with Crippen molar-refractivity contribution in [2.24, 2.45) is 0 Å². The van der Waals surface area contributed by atoms with E-state index in [1.165, 1.54) is 0 Å². The van der Waals surface area contributed by atoms with Crippen molar-refractivity contribution in [3.05, 3.63) is 0 Å². The first-order valence-corrected chi connectivity index (χ1v) is 8.77. The first kappa shape index (κ1) is 11.8. The zero-order valence-corrected chi connectivity index (χ0v) is 11.7. The van der Waals surface area contributed by atoms with Gasteiger partial charge in [-0.25, -0.2) is 0 Å². The summed E-state index contributed by atoms with van der Waals surface area (Å²) in [5.41, 5.74) is 0. The predicted octanol–water partition coefficient (Wildman–Crippen LogP) is 4.10. The van der Waals surface area contributed by atoms with Gasteiger partial charge in [-0.1, -0.05) is 0 Å². The molecule has 0 N–H and O–H groups in total. The molecule has 0 radical (unpaired) electrons. The van der Waals surface area contributed by atoms with Crippen molar-refractivity contribution in [2.75, 3.05) is 0 Å². The number of rotatable bonds is 2. The molecule has 0 unspecified atom stereocenters. The Labute approximate surface area is 79.7 Å². The van der Waals surface area contributed by atoms with E-state index in [4.69, 9.17) is 0 Å². The molecule has 0 spiro atoms. The zero-order valence-electron chi connectivity index (χ0n) is 9.10. The second-order valence-electron chi connectivity index (χ2n) is 4.77. The average Bonchev–Trinajstić information content (AvgIpc) is 1.54. The van der Waals surface area contributed by atoms with E-state index in [1.807, 2.05) is 0 Å². The molecular weight excluding hydrogens is 242 g/mol. The van der Waals surface area contributed by atoms with Crippen LogP contribution in [0.1, 0.15) is 48.5 Å². The van der Waals surface area contributed by atoms with E-state index in [9.17, 15) is 0 Å². The van der Waals surface area contributed by atoms with Crippen molar-refractivity contribution in [3.63, 3.8) is 0 Å². The van der Waals surface area contributed by atoms with E-state index >= 15 is 0 Å². The molecule has 0 aliphatic rings. The van der Waals surface area contributed by atoms with Gasteiger partial charge in [0.05, 0.1) is 0 Å².